The van der Waals surface area contributed by atoms with E-state index in [1.807, 2.05) is 0 Å². The number of esters is 1. The Kier molecular flexibility index (Phi) is 5.08. The molecule has 1 unspecified atom stereocenters. The Hall–Kier alpha value is -2.57. The molecule has 3 N–H and O–H groups in total. The summed E-state index contributed by atoms with van der Waals surface area (Å²) in [6.07, 6.45) is 0. The Morgan fingerprint density at radius 1 is 1.30 bits per heavy atom. The molecule has 0 spiro atoms. The van der Waals surface area contributed by atoms with Crippen LogP contribution in [0, 0.1) is 0 Å². The molecule has 1 aromatic rings. The molecule has 7 heteroatoms. The number of hydrogen-bond donors (Lipinski definition) is 3. The highest BCUT2D eigenvalue weighted by atomic mass is 16.5. The predicted molar refractivity (Wildman–Crippen MR) is 71.4 cm³/mol. The number of aromatic hydroxyl groups is 1. The number of phenolic OH excluding ortho intramolecular Hbond substituents is 1. The molecule has 0 heterocycles. The molecule has 108 valence electrons. The summed E-state index contributed by atoms with van der Waals surface area (Å²) in [4.78, 5) is 34.0. The fourth-order valence-corrected chi connectivity index (χ4v) is 1.49. The van der Waals surface area contributed by atoms with Crippen molar-refractivity contribution in [3.8, 4) is 5.75 Å². The number of phenols is 1. The van der Waals surface area contributed by atoms with Crippen LogP contribution in [0.1, 0.15) is 24.2 Å². The van der Waals surface area contributed by atoms with Gasteiger partial charge < -0.3 is 20.5 Å². The Labute approximate surface area is 115 Å². The maximum atomic E-state index is 11.8. The van der Waals surface area contributed by atoms with E-state index in [2.05, 4.69) is 15.4 Å². The molecule has 0 aliphatic heterocycles. The third-order valence-electron chi connectivity index (χ3n) is 2.49. The van der Waals surface area contributed by atoms with Gasteiger partial charge in [0.05, 0.1) is 18.4 Å². The predicted octanol–water partition coefficient (Wildman–Crippen LogP) is 0.642. The van der Waals surface area contributed by atoms with Crippen LogP contribution in [0.25, 0.3) is 0 Å². The molecule has 0 saturated heterocycles. The van der Waals surface area contributed by atoms with Crippen LogP contribution in [0.5, 0.6) is 5.75 Å². The van der Waals surface area contributed by atoms with Gasteiger partial charge in [-0.05, 0) is 25.1 Å². The lowest BCUT2D eigenvalue weighted by molar-refractivity contribution is -0.124. The lowest BCUT2D eigenvalue weighted by Crippen LogP contribution is -2.40. The van der Waals surface area contributed by atoms with Gasteiger partial charge in [-0.25, -0.2) is 4.79 Å². The standard InChI is InChI=1S/C13H16N2O5/c1-7(14-8(2)16)12(18)15-10-6-9(13(19)20-3)4-5-11(10)17/h4-7,17H,1-3H3,(H,14,16)(H,15,18). The Morgan fingerprint density at radius 2 is 1.95 bits per heavy atom. The molecule has 20 heavy (non-hydrogen) atoms. The Morgan fingerprint density at radius 3 is 2.50 bits per heavy atom. The molecule has 0 fully saturated rings. The zero-order valence-electron chi connectivity index (χ0n) is 11.4. The first-order chi connectivity index (χ1) is 9.35. The molecular formula is C13H16N2O5. The first-order valence-corrected chi connectivity index (χ1v) is 5.84. The van der Waals surface area contributed by atoms with Gasteiger partial charge in [-0.15, -0.1) is 0 Å². The third-order valence-corrected chi connectivity index (χ3v) is 2.49. The van der Waals surface area contributed by atoms with Crippen molar-refractivity contribution in [1.82, 2.24) is 5.32 Å². The number of carbonyl (C=O) groups is 3. The van der Waals surface area contributed by atoms with Gasteiger partial charge in [-0.3, -0.25) is 9.59 Å². The van der Waals surface area contributed by atoms with Gasteiger partial charge in [0.1, 0.15) is 11.8 Å². The summed E-state index contributed by atoms with van der Waals surface area (Å²) in [7, 11) is 1.23. The minimum absolute atomic E-state index is 0.0649. The second kappa shape index (κ2) is 6.55. The van der Waals surface area contributed by atoms with Crippen LogP contribution >= 0.6 is 0 Å². The fraction of sp³-hybridized carbons (Fsp3) is 0.308. The molecule has 0 radical (unpaired) electrons. The largest absolute Gasteiger partial charge is 0.506 e. The van der Waals surface area contributed by atoms with Crippen molar-refractivity contribution < 1.29 is 24.2 Å². The van der Waals surface area contributed by atoms with Crippen molar-refractivity contribution in [3.63, 3.8) is 0 Å². The minimum atomic E-state index is -0.770. The van der Waals surface area contributed by atoms with E-state index in [0.29, 0.717) is 0 Å². The van der Waals surface area contributed by atoms with E-state index in [1.165, 1.54) is 39.2 Å². The number of nitrogens with one attached hydrogen (secondary N) is 2. The van der Waals surface area contributed by atoms with Crippen LogP contribution in [-0.4, -0.2) is 36.0 Å². The molecule has 0 aromatic heterocycles. The van der Waals surface area contributed by atoms with Gasteiger partial charge in [-0.1, -0.05) is 0 Å². The lowest BCUT2D eigenvalue weighted by atomic mass is 10.1. The van der Waals surface area contributed by atoms with Crippen LogP contribution in [-0.2, 0) is 14.3 Å². The zero-order valence-corrected chi connectivity index (χ0v) is 11.4. The second-order valence-electron chi connectivity index (χ2n) is 4.13. The van der Waals surface area contributed by atoms with Crippen molar-refractivity contribution in [3.05, 3.63) is 23.8 Å². The highest BCUT2D eigenvalue weighted by molar-refractivity contribution is 5.99. The molecular weight excluding hydrogens is 264 g/mol. The highest BCUT2D eigenvalue weighted by Gasteiger charge is 2.16. The topological polar surface area (TPSA) is 105 Å². The van der Waals surface area contributed by atoms with Crippen molar-refractivity contribution in [2.24, 2.45) is 0 Å². The summed E-state index contributed by atoms with van der Waals surface area (Å²) in [6.45, 7) is 2.79. The SMILES string of the molecule is COC(=O)c1ccc(O)c(NC(=O)C(C)NC(C)=O)c1. The van der Waals surface area contributed by atoms with Crippen LogP contribution in [0.15, 0.2) is 18.2 Å². The first-order valence-electron chi connectivity index (χ1n) is 5.84. The molecule has 1 rings (SSSR count). The van der Waals surface area contributed by atoms with Crippen LogP contribution in [0.3, 0.4) is 0 Å². The second-order valence-corrected chi connectivity index (χ2v) is 4.13. The monoisotopic (exact) mass is 280 g/mol. The number of benzene rings is 1. The van der Waals surface area contributed by atoms with E-state index >= 15 is 0 Å². The molecule has 1 aromatic carbocycles. The first kappa shape index (κ1) is 15.5. The Bertz CT molecular complexity index is 542. The maximum absolute atomic E-state index is 11.8. The van der Waals surface area contributed by atoms with E-state index in [4.69, 9.17) is 0 Å². The smallest absolute Gasteiger partial charge is 0.337 e. The summed E-state index contributed by atoms with van der Waals surface area (Å²) < 4.78 is 4.55. The zero-order chi connectivity index (χ0) is 15.3. The fourth-order valence-electron chi connectivity index (χ4n) is 1.49. The summed E-state index contributed by atoms with van der Waals surface area (Å²) in [5.41, 5.74) is 0.253. The summed E-state index contributed by atoms with van der Waals surface area (Å²) in [5, 5.41) is 14.5. The summed E-state index contributed by atoms with van der Waals surface area (Å²) in [5.74, 6) is -1.64. The molecule has 0 saturated carbocycles. The van der Waals surface area contributed by atoms with E-state index < -0.39 is 17.9 Å². The van der Waals surface area contributed by atoms with Gasteiger partial charge >= 0.3 is 5.97 Å². The van der Waals surface area contributed by atoms with E-state index in [0.717, 1.165) is 0 Å². The van der Waals surface area contributed by atoms with Crippen LogP contribution in [0.4, 0.5) is 5.69 Å². The highest BCUT2D eigenvalue weighted by Crippen LogP contribution is 2.24. The average Bonchev–Trinajstić information content (AvgIpc) is 2.39. The van der Waals surface area contributed by atoms with Gasteiger partial charge in [0, 0.05) is 6.92 Å². The number of ether oxygens (including phenoxy) is 1. The van der Waals surface area contributed by atoms with E-state index in [1.54, 1.807) is 0 Å². The molecule has 7 nitrogen and oxygen atoms in total. The molecule has 1 atom stereocenters. The number of carbonyl (C=O) groups excluding carboxylic acids is 3. The minimum Gasteiger partial charge on any atom is -0.506 e. The average molecular weight is 280 g/mol. The van der Waals surface area contributed by atoms with Crippen molar-refractivity contribution in [2.75, 3.05) is 12.4 Å². The third kappa shape index (κ3) is 3.98. The number of hydrogen-bond acceptors (Lipinski definition) is 5. The number of methoxy groups -OCH3 is 1. The molecule has 0 aliphatic carbocycles. The number of anilines is 1. The van der Waals surface area contributed by atoms with Crippen LogP contribution < -0.4 is 10.6 Å². The number of amides is 2. The summed E-state index contributed by atoms with van der Waals surface area (Å²) >= 11 is 0. The normalized spacial score (nSPS) is 11.3. The van der Waals surface area contributed by atoms with Crippen molar-refractivity contribution in [1.29, 1.82) is 0 Å². The molecule has 0 aliphatic rings. The molecule has 2 amide bonds. The van der Waals surface area contributed by atoms with Gasteiger partial charge in [0.15, 0.2) is 0 Å². The molecule has 0 bridgehead atoms. The van der Waals surface area contributed by atoms with E-state index in [-0.39, 0.29) is 22.9 Å². The van der Waals surface area contributed by atoms with Gasteiger partial charge in [0.25, 0.3) is 0 Å². The number of rotatable bonds is 4. The van der Waals surface area contributed by atoms with E-state index in [9.17, 15) is 19.5 Å². The Balaban J connectivity index is 2.88. The van der Waals surface area contributed by atoms with Gasteiger partial charge in [0.2, 0.25) is 11.8 Å². The van der Waals surface area contributed by atoms with Crippen molar-refractivity contribution in [2.45, 2.75) is 19.9 Å². The van der Waals surface area contributed by atoms with Crippen molar-refractivity contribution >= 4 is 23.5 Å². The lowest BCUT2D eigenvalue weighted by Gasteiger charge is -2.14. The summed E-state index contributed by atoms with van der Waals surface area (Å²) in [6, 6.07) is 3.16. The maximum Gasteiger partial charge on any atom is 0.337 e. The van der Waals surface area contributed by atoms with Crippen LogP contribution in [0.2, 0.25) is 0 Å². The quantitative estimate of drug-likeness (QED) is 0.554. The van der Waals surface area contributed by atoms with Gasteiger partial charge in [-0.2, -0.15) is 0 Å².